The largest absolute Gasteiger partial charge is 0.480 e. The van der Waals surface area contributed by atoms with Gasteiger partial charge in [0, 0.05) is 44.0 Å². The molecule has 0 aliphatic carbocycles. The Balaban J connectivity index is 1.35. The number of carbonyl (C=O) groups excluding carboxylic acids is 1. The van der Waals surface area contributed by atoms with Crippen molar-refractivity contribution in [3.8, 4) is 0 Å². The molecule has 3 heterocycles. The Bertz CT molecular complexity index is 674. The van der Waals surface area contributed by atoms with Crippen molar-refractivity contribution < 1.29 is 14.7 Å². The number of likely N-dealkylation sites (tertiary alicyclic amines) is 1. The van der Waals surface area contributed by atoms with E-state index in [2.05, 4.69) is 22.3 Å². The van der Waals surface area contributed by atoms with E-state index in [9.17, 15) is 14.7 Å². The first-order valence-electron chi connectivity index (χ1n) is 9.67. The molecule has 1 amide bonds. The van der Waals surface area contributed by atoms with E-state index in [1.54, 1.807) is 0 Å². The highest BCUT2D eigenvalue weighted by atomic mass is 16.4. The van der Waals surface area contributed by atoms with Gasteiger partial charge in [-0.05, 0) is 61.8 Å². The number of aliphatic carboxylic acids is 1. The fraction of sp³-hybridized carbons (Fsp3) is 0.600. The minimum Gasteiger partial charge on any atom is -0.480 e. The normalized spacial score (nSPS) is 25.0. The third kappa shape index (κ3) is 3.30. The molecular weight excluding hydrogens is 330 g/mol. The maximum Gasteiger partial charge on any atom is 0.320 e. The fourth-order valence-corrected chi connectivity index (χ4v) is 4.63. The minimum atomic E-state index is -0.765. The van der Waals surface area contributed by atoms with Gasteiger partial charge in [0.15, 0.2) is 0 Å². The molecule has 1 aromatic rings. The van der Waals surface area contributed by atoms with Crippen LogP contribution in [-0.2, 0) is 4.79 Å². The zero-order valence-corrected chi connectivity index (χ0v) is 15.1. The van der Waals surface area contributed by atoms with Crippen LogP contribution in [0.1, 0.15) is 42.5 Å². The fourth-order valence-electron chi connectivity index (χ4n) is 4.63. The highest BCUT2D eigenvalue weighted by Gasteiger charge is 2.44. The number of rotatable bonds is 3. The molecule has 0 bridgehead atoms. The monoisotopic (exact) mass is 357 g/mol. The number of anilines is 1. The molecule has 4 rings (SSSR count). The van der Waals surface area contributed by atoms with Crippen LogP contribution in [0.25, 0.3) is 0 Å². The molecule has 140 valence electrons. The lowest BCUT2D eigenvalue weighted by Crippen LogP contribution is -2.44. The van der Waals surface area contributed by atoms with Gasteiger partial charge < -0.3 is 20.2 Å². The summed E-state index contributed by atoms with van der Waals surface area (Å²) < 4.78 is 0. The molecule has 2 N–H and O–H groups in total. The molecule has 3 aliphatic heterocycles. The van der Waals surface area contributed by atoms with E-state index in [-0.39, 0.29) is 11.3 Å². The van der Waals surface area contributed by atoms with E-state index < -0.39 is 12.0 Å². The smallest absolute Gasteiger partial charge is 0.320 e. The average molecular weight is 357 g/mol. The highest BCUT2D eigenvalue weighted by molar-refractivity contribution is 5.94. The predicted octanol–water partition coefficient (Wildman–Crippen LogP) is 1.96. The van der Waals surface area contributed by atoms with Crippen LogP contribution in [-0.4, -0.2) is 60.6 Å². The van der Waals surface area contributed by atoms with Crippen LogP contribution >= 0.6 is 0 Å². The zero-order valence-electron chi connectivity index (χ0n) is 15.1. The molecule has 1 aromatic carbocycles. The zero-order chi connectivity index (χ0) is 18.1. The maximum atomic E-state index is 12.8. The average Bonchev–Trinajstić information content (AvgIpc) is 3.33. The summed E-state index contributed by atoms with van der Waals surface area (Å²) in [5.74, 6) is -0.674. The van der Waals surface area contributed by atoms with E-state index in [0.29, 0.717) is 19.5 Å². The molecule has 0 unspecified atom stereocenters. The number of benzene rings is 1. The summed E-state index contributed by atoms with van der Waals surface area (Å²) in [4.78, 5) is 28.3. The van der Waals surface area contributed by atoms with Crippen molar-refractivity contribution in [3.63, 3.8) is 0 Å². The van der Waals surface area contributed by atoms with Gasteiger partial charge in [0.2, 0.25) is 0 Å². The summed E-state index contributed by atoms with van der Waals surface area (Å²) >= 11 is 0. The van der Waals surface area contributed by atoms with Gasteiger partial charge in [-0.3, -0.25) is 9.59 Å². The number of hydrogen-bond donors (Lipinski definition) is 2. The Morgan fingerprint density at radius 3 is 2.27 bits per heavy atom. The van der Waals surface area contributed by atoms with Crippen molar-refractivity contribution in [1.29, 1.82) is 0 Å². The number of hydrogen-bond acceptors (Lipinski definition) is 4. The first-order valence-corrected chi connectivity index (χ1v) is 9.67. The number of carboxylic acids is 1. The van der Waals surface area contributed by atoms with Gasteiger partial charge >= 0.3 is 5.97 Å². The van der Waals surface area contributed by atoms with Gasteiger partial charge in [-0.2, -0.15) is 0 Å². The van der Waals surface area contributed by atoms with Crippen LogP contribution in [0.5, 0.6) is 0 Å². The van der Waals surface area contributed by atoms with Crippen LogP contribution in [0, 0.1) is 5.41 Å². The number of amides is 1. The van der Waals surface area contributed by atoms with Crippen molar-refractivity contribution >= 4 is 17.6 Å². The lowest BCUT2D eigenvalue weighted by atomic mass is 9.76. The molecule has 0 saturated carbocycles. The molecule has 6 heteroatoms. The Morgan fingerprint density at radius 2 is 1.69 bits per heavy atom. The van der Waals surface area contributed by atoms with E-state index in [1.807, 2.05) is 17.0 Å². The molecule has 0 radical (unpaired) electrons. The van der Waals surface area contributed by atoms with Crippen LogP contribution in [0.3, 0.4) is 0 Å². The lowest BCUT2D eigenvalue weighted by Gasteiger charge is -2.39. The van der Waals surface area contributed by atoms with Gasteiger partial charge in [-0.15, -0.1) is 0 Å². The third-order valence-corrected chi connectivity index (χ3v) is 6.36. The number of piperidine rings is 1. The lowest BCUT2D eigenvalue weighted by molar-refractivity contribution is -0.139. The summed E-state index contributed by atoms with van der Waals surface area (Å²) in [7, 11) is 0. The number of carboxylic acid groups (broad SMARTS) is 1. The molecular formula is C20H27N3O3. The maximum absolute atomic E-state index is 12.8. The molecule has 3 aliphatic rings. The van der Waals surface area contributed by atoms with Crippen LogP contribution in [0.15, 0.2) is 24.3 Å². The quantitative estimate of drug-likeness (QED) is 0.865. The Kier molecular flexibility index (Phi) is 4.61. The molecule has 1 spiro atoms. The molecule has 3 saturated heterocycles. The van der Waals surface area contributed by atoms with Gasteiger partial charge in [0.25, 0.3) is 5.91 Å². The van der Waals surface area contributed by atoms with Crippen molar-refractivity contribution in [3.05, 3.63) is 29.8 Å². The van der Waals surface area contributed by atoms with Gasteiger partial charge in [0.05, 0.1) is 0 Å². The second kappa shape index (κ2) is 6.91. The topological polar surface area (TPSA) is 72.9 Å². The predicted molar refractivity (Wildman–Crippen MR) is 99.5 cm³/mol. The Labute approximate surface area is 154 Å². The first-order chi connectivity index (χ1) is 12.6. The first kappa shape index (κ1) is 17.3. The van der Waals surface area contributed by atoms with E-state index >= 15 is 0 Å². The van der Waals surface area contributed by atoms with Gasteiger partial charge in [-0.1, -0.05) is 0 Å². The molecule has 26 heavy (non-hydrogen) atoms. The van der Waals surface area contributed by atoms with Crippen molar-refractivity contribution in [2.24, 2.45) is 5.41 Å². The number of nitrogens with zero attached hydrogens (tertiary/aromatic N) is 2. The van der Waals surface area contributed by atoms with E-state index in [4.69, 9.17) is 0 Å². The minimum absolute atomic E-state index is 0.0411. The van der Waals surface area contributed by atoms with Gasteiger partial charge in [0.1, 0.15) is 6.04 Å². The van der Waals surface area contributed by atoms with Crippen molar-refractivity contribution in [2.75, 3.05) is 37.6 Å². The molecule has 0 aromatic heterocycles. The summed E-state index contributed by atoms with van der Waals surface area (Å²) in [6.07, 6.45) is 4.92. The standard InChI is InChI=1S/C20H27N3O3/c24-18(15-3-5-16(6-4-15)22-9-1-2-10-22)23-11-7-20(8-12-23)13-17(19(25)26)21-14-20/h3-6,17,21H,1-2,7-14H2,(H,25,26)/t17-/m0/s1. The molecule has 1 atom stereocenters. The second-order valence-electron chi connectivity index (χ2n) is 8.01. The number of nitrogens with one attached hydrogen (secondary N) is 1. The summed E-state index contributed by atoms with van der Waals surface area (Å²) in [6, 6.07) is 7.57. The highest BCUT2D eigenvalue weighted by Crippen LogP contribution is 2.39. The van der Waals surface area contributed by atoms with Crippen LogP contribution in [0.4, 0.5) is 5.69 Å². The van der Waals surface area contributed by atoms with Crippen molar-refractivity contribution in [2.45, 2.75) is 38.1 Å². The summed E-state index contributed by atoms with van der Waals surface area (Å²) in [5, 5.41) is 12.3. The van der Waals surface area contributed by atoms with Crippen LogP contribution < -0.4 is 10.2 Å². The number of carbonyl (C=O) groups is 2. The SMILES string of the molecule is O=C(O)[C@@H]1CC2(CCN(C(=O)c3ccc(N4CCCC4)cc3)CC2)CN1. The Morgan fingerprint density at radius 1 is 1.04 bits per heavy atom. The third-order valence-electron chi connectivity index (χ3n) is 6.36. The molecule has 6 nitrogen and oxygen atoms in total. The summed E-state index contributed by atoms with van der Waals surface area (Å²) in [6.45, 7) is 4.37. The van der Waals surface area contributed by atoms with Gasteiger partial charge in [-0.25, -0.2) is 0 Å². The molecule has 3 fully saturated rings. The van der Waals surface area contributed by atoms with E-state index in [1.165, 1.54) is 18.5 Å². The second-order valence-corrected chi connectivity index (χ2v) is 8.01. The van der Waals surface area contributed by atoms with Crippen LogP contribution in [0.2, 0.25) is 0 Å². The Hall–Kier alpha value is -2.08. The summed E-state index contributed by atoms with van der Waals surface area (Å²) in [5.41, 5.74) is 1.99. The van der Waals surface area contributed by atoms with E-state index in [0.717, 1.165) is 38.0 Å². The van der Waals surface area contributed by atoms with Crippen molar-refractivity contribution in [1.82, 2.24) is 10.2 Å².